The van der Waals surface area contributed by atoms with E-state index in [-0.39, 0.29) is 22.9 Å². The molecule has 0 aromatic heterocycles. The van der Waals surface area contributed by atoms with Gasteiger partial charge in [0.05, 0.1) is 11.0 Å². The highest BCUT2D eigenvalue weighted by Crippen LogP contribution is 2.15. The predicted octanol–water partition coefficient (Wildman–Crippen LogP) is 2.26. The van der Waals surface area contributed by atoms with Gasteiger partial charge in [0.15, 0.2) is 0 Å². The van der Waals surface area contributed by atoms with Crippen LogP contribution in [0.1, 0.15) is 48.2 Å². The molecule has 1 aliphatic rings. The molecule has 2 aromatic carbocycles. The molecule has 7 nitrogen and oxygen atoms in total. The maximum absolute atomic E-state index is 12.5. The minimum Gasteiger partial charge on any atom is -0.393 e. The van der Waals surface area contributed by atoms with E-state index in [1.165, 1.54) is 17.7 Å². The van der Waals surface area contributed by atoms with Crippen molar-refractivity contribution in [1.82, 2.24) is 14.9 Å². The summed E-state index contributed by atoms with van der Waals surface area (Å²) in [7, 11) is -3.65. The highest BCUT2D eigenvalue weighted by Gasteiger charge is 2.18. The largest absolute Gasteiger partial charge is 0.393 e. The minimum absolute atomic E-state index is 0.0726. The predicted molar refractivity (Wildman–Crippen MR) is 120 cm³/mol. The molecule has 168 valence electrons. The minimum atomic E-state index is -3.65. The summed E-state index contributed by atoms with van der Waals surface area (Å²) in [5.74, 6) is -0.322. The summed E-state index contributed by atoms with van der Waals surface area (Å²) in [6.45, 7) is 6.51. The van der Waals surface area contributed by atoms with Gasteiger partial charge in [-0.1, -0.05) is 30.3 Å². The summed E-state index contributed by atoms with van der Waals surface area (Å²) in [6.07, 6.45) is 1.47. The van der Waals surface area contributed by atoms with Crippen LogP contribution in [0.4, 0.5) is 0 Å². The van der Waals surface area contributed by atoms with Crippen molar-refractivity contribution in [2.45, 2.75) is 56.8 Å². The monoisotopic (exact) mass is 445 g/mol. The van der Waals surface area contributed by atoms with E-state index in [4.69, 9.17) is 0 Å². The van der Waals surface area contributed by atoms with E-state index in [0.29, 0.717) is 12.1 Å². The van der Waals surface area contributed by atoms with E-state index < -0.39 is 10.0 Å². The number of piperidine rings is 1. The molecule has 1 heterocycles. The molecule has 0 saturated carbocycles. The Bertz CT molecular complexity index is 982. The standard InChI is InChI=1S/C23H31N3O4S/c1-17(2)25-31(29,30)22-5-3-4-20(14-22)23(28)24-15-18-6-8-19(9-7-18)16-26-12-10-21(27)11-13-26/h3-9,14,17,21,25,27H,10-13,15-16H2,1-2H3,(H,24,28). The zero-order chi connectivity index (χ0) is 22.4. The number of amides is 1. The van der Waals surface area contributed by atoms with Crippen molar-refractivity contribution in [3.8, 4) is 0 Å². The molecule has 0 radical (unpaired) electrons. The fourth-order valence-corrected chi connectivity index (χ4v) is 4.86. The molecule has 2 aromatic rings. The van der Waals surface area contributed by atoms with Crippen LogP contribution in [-0.2, 0) is 23.1 Å². The average molecular weight is 446 g/mol. The Morgan fingerprint density at radius 2 is 1.74 bits per heavy atom. The van der Waals surface area contributed by atoms with Gasteiger partial charge in [0.1, 0.15) is 0 Å². The number of carbonyl (C=O) groups is 1. The van der Waals surface area contributed by atoms with Crippen LogP contribution >= 0.6 is 0 Å². The maximum Gasteiger partial charge on any atom is 0.251 e. The van der Waals surface area contributed by atoms with Crippen molar-refractivity contribution in [3.05, 3.63) is 65.2 Å². The van der Waals surface area contributed by atoms with Gasteiger partial charge in [0.25, 0.3) is 5.91 Å². The third-order valence-electron chi connectivity index (χ3n) is 5.24. The second kappa shape index (κ2) is 10.4. The zero-order valence-electron chi connectivity index (χ0n) is 18.0. The van der Waals surface area contributed by atoms with E-state index >= 15 is 0 Å². The number of sulfonamides is 1. The Balaban J connectivity index is 1.55. The van der Waals surface area contributed by atoms with E-state index in [1.54, 1.807) is 26.0 Å². The van der Waals surface area contributed by atoms with E-state index in [1.807, 2.05) is 12.1 Å². The van der Waals surface area contributed by atoms with E-state index in [9.17, 15) is 18.3 Å². The van der Waals surface area contributed by atoms with Crippen molar-refractivity contribution in [2.75, 3.05) is 13.1 Å². The molecular weight excluding hydrogens is 414 g/mol. The van der Waals surface area contributed by atoms with Crippen LogP contribution in [0.5, 0.6) is 0 Å². The summed E-state index contributed by atoms with van der Waals surface area (Å²) in [4.78, 5) is 14.9. The number of likely N-dealkylation sites (tertiary alicyclic amines) is 1. The van der Waals surface area contributed by atoms with Gasteiger partial charge in [-0.25, -0.2) is 13.1 Å². The molecular formula is C23H31N3O4S. The number of aliphatic hydroxyl groups is 1. The molecule has 3 N–H and O–H groups in total. The van der Waals surface area contributed by atoms with Crippen molar-refractivity contribution in [2.24, 2.45) is 0 Å². The van der Waals surface area contributed by atoms with Gasteiger partial charge < -0.3 is 10.4 Å². The fraction of sp³-hybridized carbons (Fsp3) is 0.435. The zero-order valence-corrected chi connectivity index (χ0v) is 18.9. The molecule has 1 aliphatic heterocycles. The highest BCUT2D eigenvalue weighted by molar-refractivity contribution is 7.89. The van der Waals surface area contributed by atoms with Crippen LogP contribution in [-0.4, -0.2) is 49.6 Å². The van der Waals surface area contributed by atoms with Gasteiger partial charge >= 0.3 is 0 Å². The molecule has 0 spiro atoms. The smallest absolute Gasteiger partial charge is 0.251 e. The first-order valence-corrected chi connectivity index (χ1v) is 12.1. The number of hydrogen-bond acceptors (Lipinski definition) is 5. The van der Waals surface area contributed by atoms with Gasteiger partial charge in [0.2, 0.25) is 10.0 Å². The number of benzene rings is 2. The number of nitrogens with zero attached hydrogens (tertiary/aromatic N) is 1. The summed E-state index contributed by atoms with van der Waals surface area (Å²) in [6, 6.07) is 13.9. The lowest BCUT2D eigenvalue weighted by atomic mass is 10.1. The number of carbonyl (C=O) groups excluding carboxylic acids is 1. The normalized spacial score (nSPS) is 15.9. The molecule has 3 rings (SSSR count). The maximum atomic E-state index is 12.5. The van der Waals surface area contributed by atoms with Gasteiger partial charge in [-0.3, -0.25) is 9.69 Å². The lowest BCUT2D eigenvalue weighted by Gasteiger charge is -2.29. The molecule has 1 fully saturated rings. The lowest BCUT2D eigenvalue weighted by molar-refractivity contribution is 0.0792. The van der Waals surface area contributed by atoms with Crippen LogP contribution < -0.4 is 10.0 Å². The summed E-state index contributed by atoms with van der Waals surface area (Å²) < 4.78 is 27.2. The second-order valence-corrected chi connectivity index (χ2v) is 10.0. The van der Waals surface area contributed by atoms with Crippen LogP contribution in [0.2, 0.25) is 0 Å². The number of rotatable bonds is 8. The molecule has 0 aliphatic carbocycles. The average Bonchev–Trinajstić information content (AvgIpc) is 2.74. The van der Waals surface area contributed by atoms with E-state index in [0.717, 1.165) is 38.0 Å². The molecule has 8 heteroatoms. The second-order valence-electron chi connectivity index (χ2n) is 8.31. The number of aliphatic hydroxyl groups excluding tert-OH is 1. The Morgan fingerprint density at radius 1 is 1.10 bits per heavy atom. The fourth-order valence-electron chi connectivity index (χ4n) is 3.57. The molecule has 1 saturated heterocycles. The quantitative estimate of drug-likeness (QED) is 0.579. The van der Waals surface area contributed by atoms with Gasteiger partial charge in [-0.2, -0.15) is 0 Å². The number of hydrogen-bond donors (Lipinski definition) is 3. The van der Waals surface area contributed by atoms with Gasteiger partial charge in [-0.15, -0.1) is 0 Å². The summed E-state index contributed by atoms with van der Waals surface area (Å²) in [5.41, 5.74) is 2.47. The van der Waals surface area contributed by atoms with Crippen LogP contribution in [0.3, 0.4) is 0 Å². The third kappa shape index (κ3) is 6.87. The molecule has 1 amide bonds. The molecule has 0 unspecified atom stereocenters. The SMILES string of the molecule is CC(C)NS(=O)(=O)c1cccc(C(=O)NCc2ccc(CN3CCC(O)CC3)cc2)c1. The van der Waals surface area contributed by atoms with Crippen molar-refractivity contribution >= 4 is 15.9 Å². The third-order valence-corrected chi connectivity index (χ3v) is 6.89. The lowest BCUT2D eigenvalue weighted by Crippen LogP contribution is -2.35. The molecule has 0 bridgehead atoms. The highest BCUT2D eigenvalue weighted by atomic mass is 32.2. The topological polar surface area (TPSA) is 98.7 Å². The Kier molecular flexibility index (Phi) is 7.83. The first-order chi connectivity index (χ1) is 14.7. The van der Waals surface area contributed by atoms with Crippen molar-refractivity contribution < 1.29 is 18.3 Å². The Hall–Kier alpha value is -2.26. The first kappa shape index (κ1) is 23.4. The van der Waals surface area contributed by atoms with E-state index in [2.05, 4.69) is 27.1 Å². The Labute approximate surface area is 184 Å². The Morgan fingerprint density at radius 3 is 2.39 bits per heavy atom. The molecule has 0 atom stereocenters. The van der Waals surface area contributed by atoms with Gasteiger partial charge in [0, 0.05) is 37.8 Å². The first-order valence-electron chi connectivity index (χ1n) is 10.6. The van der Waals surface area contributed by atoms with Crippen LogP contribution in [0.25, 0.3) is 0 Å². The van der Waals surface area contributed by atoms with Crippen molar-refractivity contribution in [1.29, 1.82) is 0 Å². The van der Waals surface area contributed by atoms with Crippen LogP contribution in [0, 0.1) is 0 Å². The summed E-state index contributed by atoms with van der Waals surface area (Å²) >= 11 is 0. The summed E-state index contributed by atoms with van der Waals surface area (Å²) in [5, 5.41) is 12.5. The molecule has 31 heavy (non-hydrogen) atoms. The van der Waals surface area contributed by atoms with Crippen LogP contribution in [0.15, 0.2) is 53.4 Å². The van der Waals surface area contributed by atoms with Crippen molar-refractivity contribution in [3.63, 3.8) is 0 Å². The number of nitrogens with one attached hydrogen (secondary N) is 2. The van der Waals surface area contributed by atoms with Gasteiger partial charge in [-0.05, 0) is 56.0 Å².